The molecule has 3 aromatic carbocycles. The predicted molar refractivity (Wildman–Crippen MR) is 120 cm³/mol. The fraction of sp³-hybridized carbons (Fsp3) is 0.261. The maximum absolute atomic E-state index is 13.1. The lowest BCUT2D eigenvalue weighted by Gasteiger charge is -2.35. The van der Waals surface area contributed by atoms with Gasteiger partial charge in [-0.3, -0.25) is 4.79 Å². The van der Waals surface area contributed by atoms with Gasteiger partial charge in [0.1, 0.15) is 5.82 Å². The fourth-order valence-corrected chi connectivity index (χ4v) is 5.16. The first-order chi connectivity index (χ1) is 14.9. The van der Waals surface area contributed by atoms with E-state index in [1.807, 2.05) is 41.3 Å². The molecule has 0 aliphatic carbocycles. The first kappa shape index (κ1) is 21.3. The molecule has 0 spiro atoms. The number of hydrogen-bond donors (Lipinski definition) is 1. The molecule has 6 nitrogen and oxygen atoms in total. The Morgan fingerprint density at radius 3 is 2.32 bits per heavy atom. The monoisotopic (exact) mass is 441 g/mol. The maximum atomic E-state index is 13.1. The Morgan fingerprint density at radius 2 is 1.58 bits per heavy atom. The Kier molecular flexibility index (Phi) is 6.20. The maximum Gasteiger partial charge on any atom is 0.251 e. The molecular formula is C23H24FN3O3S. The van der Waals surface area contributed by atoms with Gasteiger partial charge >= 0.3 is 0 Å². The van der Waals surface area contributed by atoms with E-state index in [-0.39, 0.29) is 24.0 Å². The lowest BCUT2D eigenvalue weighted by Crippen LogP contribution is -2.50. The zero-order valence-electron chi connectivity index (χ0n) is 17.0. The van der Waals surface area contributed by atoms with Crippen LogP contribution in [0, 0.1) is 5.82 Å². The van der Waals surface area contributed by atoms with Crippen LogP contribution in [0.1, 0.15) is 10.4 Å². The molecule has 162 valence electrons. The topological polar surface area (TPSA) is 69.7 Å². The van der Waals surface area contributed by atoms with E-state index in [4.69, 9.17) is 0 Å². The molecule has 1 saturated heterocycles. The summed E-state index contributed by atoms with van der Waals surface area (Å²) in [7, 11) is -3.48. The minimum atomic E-state index is -3.48. The Bertz CT molecular complexity index is 1170. The fourth-order valence-electron chi connectivity index (χ4n) is 3.82. The highest BCUT2D eigenvalue weighted by Gasteiger charge is 2.27. The summed E-state index contributed by atoms with van der Waals surface area (Å²) in [6.07, 6.45) is 0. The summed E-state index contributed by atoms with van der Waals surface area (Å²) >= 11 is 0. The van der Waals surface area contributed by atoms with Gasteiger partial charge in [-0.05, 0) is 41.1 Å². The van der Waals surface area contributed by atoms with E-state index in [1.54, 1.807) is 18.2 Å². The molecular weight excluding hydrogens is 417 g/mol. The number of halogens is 1. The SMILES string of the molecule is O=C(NCCS(=O)(=O)N1CCN(c2ccc(F)cc2)CC1)c1cccc2ccccc12. The van der Waals surface area contributed by atoms with E-state index in [0.29, 0.717) is 31.7 Å². The second-order valence-electron chi connectivity index (χ2n) is 7.46. The highest BCUT2D eigenvalue weighted by molar-refractivity contribution is 7.89. The number of sulfonamides is 1. The second kappa shape index (κ2) is 9.03. The minimum Gasteiger partial charge on any atom is -0.369 e. The van der Waals surface area contributed by atoms with E-state index in [2.05, 4.69) is 5.32 Å². The number of piperazine rings is 1. The van der Waals surface area contributed by atoms with Crippen LogP contribution in [0.2, 0.25) is 0 Å². The largest absolute Gasteiger partial charge is 0.369 e. The van der Waals surface area contributed by atoms with Crippen LogP contribution >= 0.6 is 0 Å². The zero-order chi connectivity index (χ0) is 21.8. The van der Waals surface area contributed by atoms with Crippen LogP contribution in [-0.4, -0.2) is 57.1 Å². The number of benzene rings is 3. The molecule has 0 aromatic heterocycles. The molecule has 31 heavy (non-hydrogen) atoms. The van der Waals surface area contributed by atoms with Gasteiger partial charge in [-0.2, -0.15) is 4.31 Å². The number of nitrogens with zero attached hydrogens (tertiary/aromatic N) is 2. The lowest BCUT2D eigenvalue weighted by molar-refractivity contribution is 0.0957. The smallest absolute Gasteiger partial charge is 0.251 e. The van der Waals surface area contributed by atoms with Gasteiger partial charge in [0.25, 0.3) is 5.91 Å². The van der Waals surface area contributed by atoms with E-state index in [1.165, 1.54) is 16.4 Å². The van der Waals surface area contributed by atoms with Gasteiger partial charge in [-0.1, -0.05) is 36.4 Å². The summed E-state index contributed by atoms with van der Waals surface area (Å²) in [4.78, 5) is 14.6. The van der Waals surface area contributed by atoms with Crippen molar-refractivity contribution in [1.29, 1.82) is 0 Å². The molecule has 3 aromatic rings. The molecule has 0 atom stereocenters. The molecule has 0 unspecified atom stereocenters. The van der Waals surface area contributed by atoms with Crippen LogP contribution in [0.15, 0.2) is 66.7 Å². The number of amides is 1. The van der Waals surface area contributed by atoms with Crippen molar-refractivity contribution in [3.63, 3.8) is 0 Å². The van der Waals surface area contributed by atoms with Gasteiger partial charge in [-0.25, -0.2) is 12.8 Å². The summed E-state index contributed by atoms with van der Waals surface area (Å²) in [6, 6.07) is 19.3. The third kappa shape index (κ3) is 4.86. The Balaban J connectivity index is 1.31. The second-order valence-corrected chi connectivity index (χ2v) is 9.55. The van der Waals surface area contributed by atoms with Crippen molar-refractivity contribution in [3.05, 3.63) is 78.1 Å². The van der Waals surface area contributed by atoms with Crippen molar-refractivity contribution in [3.8, 4) is 0 Å². The molecule has 8 heteroatoms. The van der Waals surface area contributed by atoms with E-state index >= 15 is 0 Å². The van der Waals surface area contributed by atoms with Crippen molar-refractivity contribution < 1.29 is 17.6 Å². The van der Waals surface area contributed by atoms with Gasteiger partial charge in [0.15, 0.2) is 0 Å². The molecule has 0 radical (unpaired) electrons. The van der Waals surface area contributed by atoms with Crippen LogP contribution in [0.3, 0.4) is 0 Å². The highest BCUT2D eigenvalue weighted by atomic mass is 32.2. The van der Waals surface area contributed by atoms with Crippen LogP contribution in [0.5, 0.6) is 0 Å². The molecule has 1 N–H and O–H groups in total. The van der Waals surface area contributed by atoms with Crippen LogP contribution in [0.25, 0.3) is 10.8 Å². The number of fused-ring (bicyclic) bond motifs is 1. The number of anilines is 1. The van der Waals surface area contributed by atoms with E-state index < -0.39 is 10.0 Å². The Hall–Kier alpha value is -2.97. The summed E-state index contributed by atoms with van der Waals surface area (Å²) < 4.78 is 40.0. The van der Waals surface area contributed by atoms with E-state index in [9.17, 15) is 17.6 Å². The van der Waals surface area contributed by atoms with Crippen molar-refractivity contribution >= 4 is 32.4 Å². The first-order valence-corrected chi connectivity index (χ1v) is 11.8. The highest BCUT2D eigenvalue weighted by Crippen LogP contribution is 2.19. The van der Waals surface area contributed by atoms with Gasteiger partial charge in [0.2, 0.25) is 10.0 Å². The average molecular weight is 442 g/mol. The number of nitrogens with one attached hydrogen (secondary N) is 1. The normalized spacial score (nSPS) is 15.2. The summed E-state index contributed by atoms with van der Waals surface area (Å²) in [5.74, 6) is -0.733. The quantitative estimate of drug-likeness (QED) is 0.639. The summed E-state index contributed by atoms with van der Waals surface area (Å²) in [5, 5.41) is 4.53. The first-order valence-electron chi connectivity index (χ1n) is 10.2. The third-order valence-corrected chi connectivity index (χ3v) is 7.38. The standard InChI is InChI=1S/C23H24FN3O3S/c24-19-8-10-20(11-9-19)26-13-15-27(16-14-26)31(29,30)17-12-25-23(28)22-7-3-5-18-4-1-2-6-21(18)22/h1-11H,12-17H2,(H,25,28). The minimum absolute atomic E-state index is 0.0442. The van der Waals surface area contributed by atoms with Crippen LogP contribution < -0.4 is 10.2 Å². The molecule has 1 heterocycles. The molecule has 1 aliphatic heterocycles. The lowest BCUT2D eigenvalue weighted by atomic mass is 10.0. The Labute approximate surface area is 181 Å². The Morgan fingerprint density at radius 1 is 0.903 bits per heavy atom. The number of carbonyl (C=O) groups excluding carboxylic acids is 1. The average Bonchev–Trinajstić information content (AvgIpc) is 2.79. The summed E-state index contributed by atoms with van der Waals surface area (Å²) in [5.41, 5.74) is 1.41. The van der Waals surface area contributed by atoms with Gasteiger partial charge in [0.05, 0.1) is 5.75 Å². The molecule has 1 amide bonds. The number of carbonyl (C=O) groups is 1. The van der Waals surface area contributed by atoms with Crippen LogP contribution in [-0.2, 0) is 10.0 Å². The summed E-state index contributed by atoms with van der Waals surface area (Å²) in [6.45, 7) is 1.83. The molecule has 1 fully saturated rings. The third-order valence-electron chi connectivity index (χ3n) is 5.50. The van der Waals surface area contributed by atoms with Gasteiger partial charge in [-0.15, -0.1) is 0 Å². The number of hydrogen-bond acceptors (Lipinski definition) is 4. The number of rotatable bonds is 6. The van der Waals surface area contributed by atoms with Crippen molar-refractivity contribution in [1.82, 2.24) is 9.62 Å². The van der Waals surface area contributed by atoms with Crippen LogP contribution in [0.4, 0.5) is 10.1 Å². The van der Waals surface area contributed by atoms with Crippen molar-refractivity contribution in [2.45, 2.75) is 0 Å². The van der Waals surface area contributed by atoms with Gasteiger partial charge < -0.3 is 10.2 Å². The zero-order valence-corrected chi connectivity index (χ0v) is 17.8. The van der Waals surface area contributed by atoms with Gasteiger partial charge in [0, 0.05) is 44.0 Å². The van der Waals surface area contributed by atoms with Crippen molar-refractivity contribution in [2.24, 2.45) is 0 Å². The molecule has 0 bridgehead atoms. The molecule has 1 aliphatic rings. The molecule has 0 saturated carbocycles. The van der Waals surface area contributed by atoms with E-state index in [0.717, 1.165) is 16.5 Å². The van der Waals surface area contributed by atoms with Crippen molar-refractivity contribution in [2.75, 3.05) is 43.4 Å². The molecule has 4 rings (SSSR count). The predicted octanol–water partition coefficient (Wildman–Crippen LogP) is 2.86.